The molecule has 0 aromatic heterocycles. The van der Waals surface area contributed by atoms with Crippen molar-refractivity contribution < 1.29 is 43.9 Å². The Hall–Kier alpha value is -2.48. The molecule has 0 atom stereocenters. The summed E-state index contributed by atoms with van der Waals surface area (Å²) >= 11 is -4.51. The van der Waals surface area contributed by atoms with Crippen LogP contribution in [-0.2, 0) is 0 Å². The Morgan fingerprint density at radius 3 is 0.966 bits per heavy atom. The van der Waals surface area contributed by atoms with Gasteiger partial charge in [0.1, 0.15) is 0 Å². The van der Waals surface area contributed by atoms with Crippen molar-refractivity contribution in [3.63, 3.8) is 0 Å². The molecule has 0 N–H and O–H groups in total. The topological polar surface area (TPSA) is 0 Å². The van der Waals surface area contributed by atoms with Gasteiger partial charge in [-0.2, -0.15) is 0 Å². The number of hydrogen-bond donors (Lipinski definition) is 0. The first-order valence-electron chi connectivity index (χ1n) is 7.47. The van der Waals surface area contributed by atoms with Gasteiger partial charge in [-0.25, -0.2) is 0 Å². The quantitative estimate of drug-likeness (QED) is 0.230. The van der Waals surface area contributed by atoms with Crippen LogP contribution >= 0.6 is 0 Å². The van der Waals surface area contributed by atoms with E-state index < -0.39 is 81.5 Å². The van der Waals surface area contributed by atoms with Crippen molar-refractivity contribution in [3.05, 3.63) is 88.5 Å². The van der Waals surface area contributed by atoms with E-state index in [1.165, 1.54) is 18.2 Å². The van der Waals surface area contributed by atoms with E-state index in [1.54, 1.807) is 0 Å². The summed E-state index contributed by atoms with van der Waals surface area (Å²) in [5.41, 5.74) is 0. The molecule has 0 saturated heterocycles. The van der Waals surface area contributed by atoms with Crippen LogP contribution in [0.15, 0.2) is 30.3 Å². The van der Waals surface area contributed by atoms with Gasteiger partial charge < -0.3 is 0 Å². The third-order valence-electron chi connectivity index (χ3n) is 3.83. The molecule has 0 bridgehead atoms. The average Bonchev–Trinajstić information content (AvgIpc) is 2.73. The summed E-state index contributed by atoms with van der Waals surface area (Å²) in [5.74, 6) is -24.3. The van der Waals surface area contributed by atoms with Crippen LogP contribution in [-0.4, -0.2) is 14.7 Å². The van der Waals surface area contributed by atoms with Gasteiger partial charge in [-0.05, 0) is 0 Å². The molecule has 3 rings (SSSR count). The predicted molar refractivity (Wildman–Crippen MR) is 83.6 cm³/mol. The second kappa shape index (κ2) is 7.74. The molecule has 11 heteroatoms. The molecule has 0 aliphatic rings. The summed E-state index contributed by atoms with van der Waals surface area (Å²) in [6.07, 6.45) is 0. The molecule has 0 saturated carbocycles. The van der Waals surface area contributed by atoms with Gasteiger partial charge in [-0.3, -0.25) is 0 Å². The Kier molecular flexibility index (Phi) is 5.67. The first-order chi connectivity index (χ1) is 13.6. The molecule has 3 aromatic rings. The second-order valence-corrected chi connectivity index (χ2v) is 9.88. The number of rotatable bonds is 3. The monoisotopic (exact) mass is 486 g/mol. The van der Waals surface area contributed by atoms with E-state index in [1.807, 2.05) is 0 Å². The number of benzene rings is 3. The van der Waals surface area contributed by atoms with Gasteiger partial charge in [0.15, 0.2) is 0 Å². The van der Waals surface area contributed by atoms with E-state index in [0.29, 0.717) is 0 Å². The molecule has 0 spiro atoms. The standard InChI is InChI=1S/C18H5AsF10/c20-9-7(10(21)14(25)17(28)13(9)24)19(6-4-2-1-3-5-6)8-11(22)15(26)18(29)16(27)12(8)23/h1-5H. The fraction of sp³-hybridized carbons (Fsp3) is 0. The molecule has 152 valence electrons. The Balaban J connectivity index is 2.50. The fourth-order valence-corrected chi connectivity index (χ4v) is 7.54. The second-order valence-electron chi connectivity index (χ2n) is 5.51. The van der Waals surface area contributed by atoms with Gasteiger partial charge in [0.2, 0.25) is 0 Å². The van der Waals surface area contributed by atoms with Crippen LogP contribution in [0.1, 0.15) is 0 Å². The third-order valence-corrected chi connectivity index (χ3v) is 9.07. The summed E-state index contributed by atoms with van der Waals surface area (Å²) in [6, 6.07) is 5.81. The zero-order valence-electron chi connectivity index (χ0n) is 13.6. The van der Waals surface area contributed by atoms with Gasteiger partial charge in [0.05, 0.1) is 0 Å². The maximum absolute atomic E-state index is 14.4. The van der Waals surface area contributed by atoms with E-state index in [2.05, 4.69) is 0 Å². The first kappa shape index (κ1) is 21.2. The van der Waals surface area contributed by atoms with Crippen LogP contribution in [0.25, 0.3) is 0 Å². The van der Waals surface area contributed by atoms with Crippen LogP contribution in [0.4, 0.5) is 43.9 Å². The summed E-state index contributed by atoms with van der Waals surface area (Å²) in [4.78, 5) is 0. The van der Waals surface area contributed by atoms with Crippen molar-refractivity contribution in [1.29, 1.82) is 0 Å². The molecule has 0 amide bonds. The summed E-state index contributed by atoms with van der Waals surface area (Å²) in [5, 5.41) is 0. The Morgan fingerprint density at radius 1 is 0.379 bits per heavy atom. The van der Waals surface area contributed by atoms with Gasteiger partial charge in [-0.15, -0.1) is 0 Å². The van der Waals surface area contributed by atoms with E-state index in [9.17, 15) is 43.9 Å². The summed E-state index contributed by atoms with van der Waals surface area (Å²) in [7, 11) is 0. The number of hydrogen-bond acceptors (Lipinski definition) is 0. The molecule has 29 heavy (non-hydrogen) atoms. The van der Waals surface area contributed by atoms with Crippen LogP contribution < -0.4 is 13.1 Å². The van der Waals surface area contributed by atoms with Crippen LogP contribution in [0.3, 0.4) is 0 Å². The molecule has 0 radical (unpaired) electrons. The SMILES string of the molecule is Fc1c(F)c(F)c([As](c2ccccc2)c2c(F)c(F)c(F)c(F)c2F)c(F)c1F. The third kappa shape index (κ3) is 3.29. The van der Waals surface area contributed by atoms with Crippen LogP contribution in [0, 0.1) is 58.2 Å². The molecular formula is C18H5AsF10. The van der Waals surface area contributed by atoms with Crippen LogP contribution in [0.2, 0.25) is 0 Å². The zero-order valence-corrected chi connectivity index (χ0v) is 15.5. The molecule has 3 aromatic carbocycles. The minimum atomic E-state index is -4.51. The molecule has 0 unspecified atom stereocenters. The van der Waals surface area contributed by atoms with Crippen molar-refractivity contribution in [1.82, 2.24) is 0 Å². The van der Waals surface area contributed by atoms with Crippen molar-refractivity contribution in [2.24, 2.45) is 0 Å². The normalized spacial score (nSPS) is 11.4. The van der Waals surface area contributed by atoms with Crippen molar-refractivity contribution in [2.75, 3.05) is 0 Å². The minimum absolute atomic E-state index is 0.341. The maximum atomic E-state index is 14.4. The van der Waals surface area contributed by atoms with Crippen molar-refractivity contribution in [2.45, 2.75) is 0 Å². The van der Waals surface area contributed by atoms with Gasteiger partial charge in [0.25, 0.3) is 0 Å². The molecule has 0 aliphatic carbocycles. The molecule has 0 fully saturated rings. The van der Waals surface area contributed by atoms with E-state index in [-0.39, 0.29) is 4.35 Å². The molecule has 0 heterocycles. The Labute approximate surface area is 160 Å². The van der Waals surface area contributed by atoms with Gasteiger partial charge in [0, 0.05) is 0 Å². The van der Waals surface area contributed by atoms with Crippen molar-refractivity contribution >= 4 is 27.7 Å². The van der Waals surface area contributed by atoms with E-state index >= 15 is 0 Å². The molecule has 0 nitrogen and oxygen atoms in total. The first-order valence-corrected chi connectivity index (χ1v) is 10.3. The average molecular weight is 486 g/mol. The van der Waals surface area contributed by atoms with Gasteiger partial charge in [-0.1, -0.05) is 0 Å². The van der Waals surface area contributed by atoms with E-state index in [0.717, 1.165) is 12.1 Å². The fourth-order valence-electron chi connectivity index (χ4n) is 2.53. The number of halogens is 10. The predicted octanol–water partition coefficient (Wildman–Crippen LogP) is 3.59. The van der Waals surface area contributed by atoms with Crippen molar-refractivity contribution in [3.8, 4) is 0 Å². The summed E-state index contributed by atoms with van der Waals surface area (Å²) < 4.78 is 135. The Morgan fingerprint density at radius 2 is 0.655 bits per heavy atom. The molecule has 0 aliphatic heterocycles. The Bertz CT molecular complexity index is 986. The molecular weight excluding hydrogens is 481 g/mol. The van der Waals surface area contributed by atoms with E-state index in [4.69, 9.17) is 0 Å². The zero-order chi connectivity index (χ0) is 21.6. The van der Waals surface area contributed by atoms with Gasteiger partial charge >= 0.3 is 160 Å². The van der Waals surface area contributed by atoms with Crippen LogP contribution in [0.5, 0.6) is 0 Å². The summed E-state index contributed by atoms with van der Waals surface area (Å²) in [6.45, 7) is 0.